The Morgan fingerprint density at radius 3 is 2.12 bits per heavy atom. The summed E-state index contributed by atoms with van der Waals surface area (Å²) in [5, 5.41) is 21.3. The van der Waals surface area contributed by atoms with Crippen LogP contribution in [0, 0.1) is 23.7 Å². The molecule has 0 saturated heterocycles. The van der Waals surface area contributed by atoms with E-state index in [4.69, 9.17) is 9.84 Å². The van der Waals surface area contributed by atoms with E-state index in [-0.39, 0.29) is 24.7 Å². The number of unbranched alkanes of at least 4 members (excludes halogenated alkanes) is 2. The normalized spacial score (nSPS) is 23.5. The Hall–Kier alpha value is -2.17. The quantitative estimate of drug-likeness (QED) is 0.119. The molecule has 4 nitrogen and oxygen atoms in total. The number of hydrogen-bond acceptors (Lipinski definition) is 4. The van der Waals surface area contributed by atoms with Gasteiger partial charge in [0.25, 0.3) is 0 Å². The molecule has 232 valence electrons. The Bertz CT molecular complexity index is 1110. The molecule has 42 heavy (non-hydrogen) atoms. The molecule has 2 aromatic carbocycles. The first kappa shape index (κ1) is 32.7. The molecule has 2 fully saturated rings. The molecule has 0 heterocycles. The fraction of sp³-hybridized carbons (Fsp3) is 0.658. The summed E-state index contributed by atoms with van der Waals surface area (Å²) >= 11 is 0. The number of aliphatic hydroxyl groups is 2. The summed E-state index contributed by atoms with van der Waals surface area (Å²) in [4.78, 5) is 11.7. The van der Waals surface area contributed by atoms with Crippen molar-refractivity contribution in [1.82, 2.24) is 0 Å². The van der Waals surface area contributed by atoms with Gasteiger partial charge in [-0.15, -0.1) is 0 Å². The number of carbonyl (C=O) groups excluding carboxylic acids is 1. The van der Waals surface area contributed by atoms with Crippen molar-refractivity contribution >= 4 is 16.7 Å². The van der Waals surface area contributed by atoms with Crippen molar-refractivity contribution in [3.8, 4) is 0 Å². The minimum Gasteiger partial charge on any atom is -0.462 e. The SMILES string of the molecule is C=C(CO)C(=O)OCC(CO)CCc1ccc2cc(C3CCC(CCC4CCC(CCCCC)CC4)CC3)ccc2c1. The highest BCUT2D eigenvalue weighted by Gasteiger charge is 2.25. The highest BCUT2D eigenvalue weighted by Crippen LogP contribution is 2.41. The van der Waals surface area contributed by atoms with Crippen LogP contribution in [0.3, 0.4) is 0 Å². The van der Waals surface area contributed by atoms with Gasteiger partial charge in [0.2, 0.25) is 0 Å². The molecule has 2 aliphatic carbocycles. The van der Waals surface area contributed by atoms with Crippen molar-refractivity contribution in [3.05, 3.63) is 59.7 Å². The van der Waals surface area contributed by atoms with Crippen LogP contribution >= 0.6 is 0 Å². The summed E-state index contributed by atoms with van der Waals surface area (Å²) < 4.78 is 5.18. The van der Waals surface area contributed by atoms with E-state index in [2.05, 4.69) is 49.9 Å². The Balaban J connectivity index is 1.18. The largest absolute Gasteiger partial charge is 0.462 e. The fourth-order valence-corrected chi connectivity index (χ4v) is 7.43. The number of ether oxygens (including phenoxy) is 1. The molecule has 0 spiro atoms. The maximum Gasteiger partial charge on any atom is 0.335 e. The van der Waals surface area contributed by atoms with Crippen LogP contribution in [0.5, 0.6) is 0 Å². The highest BCUT2D eigenvalue weighted by atomic mass is 16.5. The molecule has 0 radical (unpaired) electrons. The van der Waals surface area contributed by atoms with Crippen LogP contribution in [0.25, 0.3) is 10.8 Å². The van der Waals surface area contributed by atoms with Gasteiger partial charge >= 0.3 is 5.97 Å². The Morgan fingerprint density at radius 1 is 0.857 bits per heavy atom. The Labute approximate surface area is 254 Å². The van der Waals surface area contributed by atoms with Crippen LogP contribution in [-0.2, 0) is 16.0 Å². The third kappa shape index (κ3) is 9.95. The number of carbonyl (C=O) groups is 1. The monoisotopic (exact) mass is 576 g/mol. The first-order chi connectivity index (χ1) is 20.5. The Morgan fingerprint density at radius 2 is 1.48 bits per heavy atom. The number of aryl methyl sites for hydroxylation is 1. The molecular formula is C38H56O4. The fourth-order valence-electron chi connectivity index (χ4n) is 7.43. The van der Waals surface area contributed by atoms with E-state index in [9.17, 15) is 9.90 Å². The van der Waals surface area contributed by atoms with Gasteiger partial charge in [0.1, 0.15) is 0 Å². The van der Waals surface area contributed by atoms with Crippen molar-refractivity contribution < 1.29 is 19.7 Å². The summed E-state index contributed by atoms with van der Waals surface area (Å²) in [7, 11) is 0. The average molecular weight is 577 g/mol. The zero-order chi connectivity index (χ0) is 29.7. The summed E-state index contributed by atoms with van der Waals surface area (Å²) in [6.45, 7) is 5.47. The zero-order valence-corrected chi connectivity index (χ0v) is 26.2. The van der Waals surface area contributed by atoms with E-state index in [0.29, 0.717) is 5.92 Å². The van der Waals surface area contributed by atoms with Gasteiger partial charge in [0.05, 0.1) is 18.8 Å². The second-order valence-corrected chi connectivity index (χ2v) is 13.6. The van der Waals surface area contributed by atoms with Gasteiger partial charge in [-0.2, -0.15) is 0 Å². The molecule has 0 amide bonds. The number of fused-ring (bicyclic) bond motifs is 1. The smallest absolute Gasteiger partial charge is 0.335 e. The molecule has 4 heteroatoms. The maximum atomic E-state index is 11.7. The predicted octanol–water partition coefficient (Wildman–Crippen LogP) is 8.91. The number of hydrogen-bond donors (Lipinski definition) is 2. The van der Waals surface area contributed by atoms with Gasteiger partial charge in [-0.05, 0) is 84.1 Å². The number of esters is 1. The third-order valence-electron chi connectivity index (χ3n) is 10.4. The van der Waals surface area contributed by atoms with E-state index in [1.165, 1.54) is 112 Å². The molecule has 0 aromatic heterocycles. The van der Waals surface area contributed by atoms with Gasteiger partial charge in [0, 0.05) is 12.5 Å². The van der Waals surface area contributed by atoms with Gasteiger partial charge in [-0.1, -0.05) is 114 Å². The van der Waals surface area contributed by atoms with Gasteiger partial charge in [-0.3, -0.25) is 0 Å². The number of aliphatic hydroxyl groups excluding tert-OH is 2. The summed E-state index contributed by atoms with van der Waals surface area (Å²) in [5.41, 5.74) is 2.77. The van der Waals surface area contributed by atoms with Crippen molar-refractivity contribution in [2.24, 2.45) is 23.7 Å². The van der Waals surface area contributed by atoms with E-state index in [0.717, 1.165) is 30.6 Å². The second-order valence-electron chi connectivity index (χ2n) is 13.6. The summed E-state index contributed by atoms with van der Waals surface area (Å²) in [6.07, 6.45) is 21.6. The van der Waals surface area contributed by atoms with Crippen LogP contribution in [0.1, 0.15) is 120 Å². The molecular weight excluding hydrogens is 520 g/mol. The molecule has 2 saturated carbocycles. The summed E-state index contributed by atoms with van der Waals surface area (Å²) in [6, 6.07) is 13.7. The second kappa shape index (κ2) is 17.2. The van der Waals surface area contributed by atoms with Crippen LogP contribution in [0.4, 0.5) is 0 Å². The van der Waals surface area contributed by atoms with Gasteiger partial charge in [0.15, 0.2) is 0 Å². The molecule has 2 N–H and O–H groups in total. The van der Waals surface area contributed by atoms with Gasteiger partial charge in [-0.25, -0.2) is 4.79 Å². The third-order valence-corrected chi connectivity index (χ3v) is 10.4. The molecule has 1 atom stereocenters. The molecule has 1 unspecified atom stereocenters. The van der Waals surface area contributed by atoms with E-state index >= 15 is 0 Å². The van der Waals surface area contributed by atoms with Crippen molar-refractivity contribution in [1.29, 1.82) is 0 Å². The minimum absolute atomic E-state index is 0.0364. The van der Waals surface area contributed by atoms with Crippen LogP contribution < -0.4 is 0 Å². The van der Waals surface area contributed by atoms with E-state index < -0.39 is 12.6 Å². The lowest BCUT2D eigenvalue weighted by molar-refractivity contribution is -0.141. The molecule has 0 aliphatic heterocycles. The van der Waals surface area contributed by atoms with Gasteiger partial charge < -0.3 is 14.9 Å². The summed E-state index contributed by atoms with van der Waals surface area (Å²) in [5.74, 6) is 2.92. The topological polar surface area (TPSA) is 66.8 Å². The molecule has 2 aliphatic rings. The standard InChI is InChI=1S/C38H56O4/c1-3-4-5-6-29-7-9-30(10-8-29)11-12-31-15-18-34(19-16-31)36-22-21-35-23-32(17-20-37(35)24-36)13-14-33(26-40)27-42-38(41)28(2)25-39/h17,20-24,29-31,33-34,39-40H,2-16,18-19,25-27H2,1H3. The van der Waals surface area contributed by atoms with E-state index in [1.54, 1.807) is 0 Å². The predicted molar refractivity (Wildman–Crippen MR) is 174 cm³/mol. The van der Waals surface area contributed by atoms with Crippen molar-refractivity contribution in [2.75, 3.05) is 19.8 Å². The lowest BCUT2D eigenvalue weighted by Crippen LogP contribution is -2.19. The minimum atomic E-state index is -0.600. The van der Waals surface area contributed by atoms with Crippen LogP contribution in [0.15, 0.2) is 48.6 Å². The highest BCUT2D eigenvalue weighted by molar-refractivity contribution is 5.87. The van der Waals surface area contributed by atoms with Crippen molar-refractivity contribution in [2.45, 2.75) is 116 Å². The van der Waals surface area contributed by atoms with Crippen molar-refractivity contribution in [3.63, 3.8) is 0 Å². The lowest BCUT2D eigenvalue weighted by atomic mass is 9.74. The van der Waals surface area contributed by atoms with Crippen LogP contribution in [-0.4, -0.2) is 36.0 Å². The molecule has 4 rings (SSSR count). The maximum absolute atomic E-state index is 11.7. The number of benzene rings is 2. The lowest BCUT2D eigenvalue weighted by Gasteiger charge is -2.32. The molecule has 0 bridgehead atoms. The Kier molecular flexibility index (Phi) is 13.4. The van der Waals surface area contributed by atoms with E-state index in [1.807, 2.05) is 0 Å². The zero-order valence-electron chi connectivity index (χ0n) is 26.2. The first-order valence-electron chi connectivity index (χ1n) is 17.1. The molecule has 2 aromatic rings. The first-order valence-corrected chi connectivity index (χ1v) is 17.1. The number of rotatable bonds is 16. The van der Waals surface area contributed by atoms with Crippen LogP contribution in [0.2, 0.25) is 0 Å². The average Bonchev–Trinajstić information content (AvgIpc) is 3.04.